The van der Waals surface area contributed by atoms with Crippen molar-refractivity contribution in [1.82, 2.24) is 10.2 Å². The van der Waals surface area contributed by atoms with Gasteiger partial charge in [-0.05, 0) is 56.3 Å². The molecule has 1 aromatic carbocycles. The second kappa shape index (κ2) is 6.57. The first kappa shape index (κ1) is 15.8. The Bertz CT molecular complexity index is 552. The predicted octanol–water partition coefficient (Wildman–Crippen LogP) is 2.58. The van der Waals surface area contributed by atoms with Crippen molar-refractivity contribution in [1.29, 1.82) is 0 Å². The minimum Gasteiger partial charge on any atom is -0.323 e. The molecule has 2 heterocycles. The van der Waals surface area contributed by atoms with E-state index in [1.54, 1.807) is 0 Å². The summed E-state index contributed by atoms with van der Waals surface area (Å²) < 4.78 is 0. The Kier molecular flexibility index (Phi) is 4.71. The summed E-state index contributed by atoms with van der Waals surface area (Å²) in [6.07, 6.45) is 2.37. The number of nitrogens with one attached hydrogen (secondary N) is 2. The maximum absolute atomic E-state index is 12.3. The van der Waals surface area contributed by atoms with Crippen molar-refractivity contribution >= 4 is 23.2 Å². The van der Waals surface area contributed by atoms with Gasteiger partial charge in [0.2, 0.25) is 5.91 Å². The van der Waals surface area contributed by atoms with Crippen LogP contribution >= 0.6 is 11.6 Å². The van der Waals surface area contributed by atoms with E-state index in [9.17, 15) is 4.79 Å². The Morgan fingerprint density at radius 2 is 2.23 bits per heavy atom. The zero-order valence-electron chi connectivity index (χ0n) is 13.3. The van der Waals surface area contributed by atoms with Crippen molar-refractivity contribution in [2.45, 2.75) is 32.7 Å². The lowest BCUT2D eigenvalue weighted by Crippen LogP contribution is -2.46. The van der Waals surface area contributed by atoms with Crippen LogP contribution in [0.4, 0.5) is 5.69 Å². The largest absolute Gasteiger partial charge is 0.323 e. The summed E-state index contributed by atoms with van der Waals surface area (Å²) in [4.78, 5) is 14.6. The number of hydrogen-bond donors (Lipinski definition) is 2. The Morgan fingerprint density at radius 3 is 3.00 bits per heavy atom. The van der Waals surface area contributed by atoms with E-state index in [1.807, 2.05) is 26.0 Å². The van der Waals surface area contributed by atoms with Gasteiger partial charge in [-0.3, -0.25) is 9.69 Å². The summed E-state index contributed by atoms with van der Waals surface area (Å²) in [7, 11) is 0. The number of aryl methyl sites for hydroxylation is 2. The van der Waals surface area contributed by atoms with Gasteiger partial charge in [0.25, 0.3) is 0 Å². The standard InChI is InChI=1S/C17H24ClN3O/c1-11-7-12(2)17(14(18)8-11)20-16(22)10-21-6-4-15-13(9-21)3-5-19-15/h7-8,13,15,19H,3-6,9-10H2,1-2H3,(H,20,22). The Labute approximate surface area is 137 Å². The maximum Gasteiger partial charge on any atom is 0.238 e. The molecule has 0 bridgehead atoms. The van der Waals surface area contributed by atoms with Gasteiger partial charge in [0, 0.05) is 19.1 Å². The zero-order valence-corrected chi connectivity index (χ0v) is 14.0. The van der Waals surface area contributed by atoms with Crippen LogP contribution in [0, 0.1) is 19.8 Å². The number of anilines is 1. The van der Waals surface area contributed by atoms with Crippen LogP contribution in [-0.2, 0) is 4.79 Å². The third kappa shape index (κ3) is 3.45. The lowest BCUT2D eigenvalue weighted by atomic mass is 9.93. The van der Waals surface area contributed by atoms with Gasteiger partial charge in [-0.15, -0.1) is 0 Å². The Balaban J connectivity index is 1.59. The molecule has 5 heteroatoms. The number of carbonyl (C=O) groups is 1. The number of hydrogen-bond acceptors (Lipinski definition) is 3. The second-order valence-electron chi connectivity index (χ2n) is 6.62. The fourth-order valence-corrected chi connectivity index (χ4v) is 4.09. The van der Waals surface area contributed by atoms with Gasteiger partial charge in [-0.2, -0.15) is 0 Å². The van der Waals surface area contributed by atoms with E-state index in [0.29, 0.717) is 23.5 Å². The summed E-state index contributed by atoms with van der Waals surface area (Å²) in [6.45, 7) is 7.56. The molecule has 3 rings (SSSR count). The topological polar surface area (TPSA) is 44.4 Å². The monoisotopic (exact) mass is 321 g/mol. The molecule has 2 saturated heterocycles. The SMILES string of the molecule is Cc1cc(C)c(NC(=O)CN2CCC3NCCC3C2)c(Cl)c1. The van der Waals surface area contributed by atoms with Crippen LogP contribution < -0.4 is 10.6 Å². The van der Waals surface area contributed by atoms with E-state index in [1.165, 1.54) is 6.42 Å². The number of halogens is 1. The normalized spacial score (nSPS) is 25.0. The van der Waals surface area contributed by atoms with Gasteiger partial charge in [0.15, 0.2) is 0 Å². The molecule has 2 atom stereocenters. The maximum atomic E-state index is 12.3. The number of benzene rings is 1. The first-order chi connectivity index (χ1) is 10.5. The molecule has 2 aliphatic heterocycles. The summed E-state index contributed by atoms with van der Waals surface area (Å²) in [5.41, 5.74) is 2.86. The molecule has 2 N–H and O–H groups in total. The predicted molar refractivity (Wildman–Crippen MR) is 90.5 cm³/mol. The van der Waals surface area contributed by atoms with E-state index >= 15 is 0 Å². The Hall–Kier alpha value is -1.10. The fraction of sp³-hybridized carbons (Fsp3) is 0.588. The molecule has 0 aliphatic carbocycles. The molecule has 1 amide bonds. The molecular weight excluding hydrogens is 298 g/mol. The number of amides is 1. The first-order valence-corrected chi connectivity index (χ1v) is 8.43. The molecular formula is C17H24ClN3O. The van der Waals surface area contributed by atoms with Crippen LogP contribution in [0.15, 0.2) is 12.1 Å². The Morgan fingerprint density at radius 1 is 1.41 bits per heavy atom. The van der Waals surface area contributed by atoms with Gasteiger partial charge in [0.1, 0.15) is 0 Å². The lowest BCUT2D eigenvalue weighted by molar-refractivity contribution is -0.117. The van der Waals surface area contributed by atoms with Gasteiger partial charge in [-0.1, -0.05) is 17.7 Å². The minimum atomic E-state index is 0.0262. The van der Waals surface area contributed by atoms with E-state index in [2.05, 4.69) is 15.5 Å². The molecule has 1 aromatic rings. The van der Waals surface area contributed by atoms with Crippen molar-refractivity contribution in [2.24, 2.45) is 5.92 Å². The third-order valence-corrected chi connectivity index (χ3v) is 5.10. The number of nitrogens with zero attached hydrogens (tertiary/aromatic N) is 1. The first-order valence-electron chi connectivity index (χ1n) is 8.05. The van der Waals surface area contributed by atoms with Crippen molar-refractivity contribution in [3.05, 3.63) is 28.3 Å². The number of carbonyl (C=O) groups excluding carboxylic acids is 1. The summed E-state index contributed by atoms with van der Waals surface area (Å²) in [6, 6.07) is 4.59. The van der Waals surface area contributed by atoms with Crippen LogP contribution in [0.3, 0.4) is 0 Å². The quantitative estimate of drug-likeness (QED) is 0.899. The van der Waals surface area contributed by atoms with Crippen molar-refractivity contribution < 1.29 is 4.79 Å². The van der Waals surface area contributed by atoms with Gasteiger partial charge in [-0.25, -0.2) is 0 Å². The minimum absolute atomic E-state index is 0.0262. The number of fused-ring (bicyclic) bond motifs is 1. The molecule has 4 nitrogen and oxygen atoms in total. The highest BCUT2D eigenvalue weighted by Gasteiger charge is 2.33. The van der Waals surface area contributed by atoms with E-state index in [4.69, 9.17) is 11.6 Å². The van der Waals surface area contributed by atoms with Crippen molar-refractivity contribution in [3.8, 4) is 0 Å². The third-order valence-electron chi connectivity index (χ3n) is 4.80. The van der Waals surface area contributed by atoms with Crippen LogP contribution in [0.2, 0.25) is 5.02 Å². The average Bonchev–Trinajstić information content (AvgIpc) is 2.90. The fourth-order valence-electron chi connectivity index (χ4n) is 3.72. The second-order valence-corrected chi connectivity index (χ2v) is 7.03. The summed E-state index contributed by atoms with van der Waals surface area (Å²) >= 11 is 6.26. The highest BCUT2D eigenvalue weighted by molar-refractivity contribution is 6.34. The van der Waals surface area contributed by atoms with Gasteiger partial charge in [0.05, 0.1) is 17.3 Å². The highest BCUT2D eigenvalue weighted by Crippen LogP contribution is 2.28. The van der Waals surface area contributed by atoms with Crippen molar-refractivity contribution in [3.63, 3.8) is 0 Å². The molecule has 0 aromatic heterocycles. The van der Waals surface area contributed by atoms with Crippen LogP contribution in [0.25, 0.3) is 0 Å². The van der Waals surface area contributed by atoms with Crippen molar-refractivity contribution in [2.75, 3.05) is 31.5 Å². The molecule has 120 valence electrons. The molecule has 2 aliphatic rings. The number of piperidine rings is 1. The van der Waals surface area contributed by atoms with Gasteiger partial charge < -0.3 is 10.6 Å². The molecule has 0 saturated carbocycles. The lowest BCUT2D eigenvalue weighted by Gasteiger charge is -2.34. The van der Waals surface area contributed by atoms with Gasteiger partial charge >= 0.3 is 0 Å². The van der Waals surface area contributed by atoms with Crippen LogP contribution in [0.5, 0.6) is 0 Å². The smallest absolute Gasteiger partial charge is 0.238 e. The highest BCUT2D eigenvalue weighted by atomic mass is 35.5. The number of rotatable bonds is 3. The van der Waals surface area contributed by atoms with E-state index in [0.717, 1.165) is 42.9 Å². The molecule has 22 heavy (non-hydrogen) atoms. The summed E-state index contributed by atoms with van der Waals surface area (Å²) in [5.74, 6) is 0.726. The molecule has 2 fully saturated rings. The zero-order chi connectivity index (χ0) is 15.7. The van der Waals surface area contributed by atoms with Crippen LogP contribution in [-0.4, -0.2) is 43.0 Å². The molecule has 0 radical (unpaired) electrons. The molecule has 0 spiro atoms. The average molecular weight is 322 g/mol. The number of likely N-dealkylation sites (tertiary alicyclic amines) is 1. The van der Waals surface area contributed by atoms with E-state index < -0.39 is 0 Å². The molecule has 2 unspecified atom stereocenters. The summed E-state index contributed by atoms with van der Waals surface area (Å²) in [5, 5.41) is 7.15. The van der Waals surface area contributed by atoms with Crippen LogP contribution in [0.1, 0.15) is 24.0 Å². The van der Waals surface area contributed by atoms with E-state index in [-0.39, 0.29) is 5.91 Å².